The van der Waals surface area contributed by atoms with E-state index >= 15 is 0 Å². The van der Waals surface area contributed by atoms with Gasteiger partial charge in [0.05, 0.1) is 0 Å². The van der Waals surface area contributed by atoms with E-state index in [1.54, 1.807) is 6.20 Å². The van der Waals surface area contributed by atoms with Crippen molar-refractivity contribution in [1.82, 2.24) is 10.3 Å². The fourth-order valence-corrected chi connectivity index (χ4v) is 2.34. The Balaban J connectivity index is 2.13. The van der Waals surface area contributed by atoms with Gasteiger partial charge in [0.15, 0.2) is 0 Å². The third kappa shape index (κ3) is 3.84. The molecule has 1 heterocycles. The molecule has 112 valence electrons. The first-order valence-corrected chi connectivity index (χ1v) is 7.04. The third-order valence-electron chi connectivity index (χ3n) is 3.33. The molecule has 5 heteroatoms. The van der Waals surface area contributed by atoms with E-state index < -0.39 is 12.0 Å². The number of hydrogen-bond donors (Lipinski definition) is 3. The van der Waals surface area contributed by atoms with Crippen LogP contribution >= 0.6 is 0 Å². The first kappa shape index (κ1) is 15.1. The summed E-state index contributed by atoms with van der Waals surface area (Å²) in [5, 5.41) is 12.9. The Hall–Kier alpha value is -2.30. The summed E-state index contributed by atoms with van der Waals surface area (Å²) in [6, 6.07) is 6.80. The zero-order chi connectivity index (χ0) is 15.4. The van der Waals surface area contributed by atoms with Gasteiger partial charge in [0.1, 0.15) is 6.04 Å². The zero-order valence-electron chi connectivity index (χ0n) is 12.2. The first-order valence-electron chi connectivity index (χ1n) is 7.04. The van der Waals surface area contributed by atoms with Crippen LogP contribution in [0.1, 0.15) is 25.8 Å². The molecule has 2 aromatic rings. The Labute approximate surface area is 123 Å². The summed E-state index contributed by atoms with van der Waals surface area (Å²) in [6.45, 7) is 3.85. The highest BCUT2D eigenvalue weighted by Gasteiger charge is 2.22. The molecule has 0 aliphatic rings. The molecule has 0 bridgehead atoms. The fraction of sp³-hybridized carbons (Fsp3) is 0.375. The second-order valence-corrected chi connectivity index (χ2v) is 5.62. The van der Waals surface area contributed by atoms with E-state index in [4.69, 9.17) is 0 Å². The SMILES string of the molecule is CC(C)CC(=O)N[C@@H](Cc1c[nH]c2ccccc12)C(=O)O. The van der Waals surface area contributed by atoms with Gasteiger partial charge in [-0.2, -0.15) is 0 Å². The number of nitrogens with one attached hydrogen (secondary N) is 2. The Morgan fingerprint density at radius 2 is 2.00 bits per heavy atom. The van der Waals surface area contributed by atoms with Gasteiger partial charge in [-0.1, -0.05) is 32.0 Å². The maximum atomic E-state index is 11.8. The van der Waals surface area contributed by atoms with E-state index in [0.29, 0.717) is 6.42 Å². The van der Waals surface area contributed by atoms with Gasteiger partial charge in [-0.25, -0.2) is 4.79 Å². The zero-order valence-corrected chi connectivity index (χ0v) is 12.2. The first-order chi connectivity index (χ1) is 9.97. The lowest BCUT2D eigenvalue weighted by Crippen LogP contribution is -2.42. The van der Waals surface area contributed by atoms with E-state index in [1.165, 1.54) is 0 Å². The number of carbonyl (C=O) groups excluding carboxylic acids is 1. The van der Waals surface area contributed by atoms with Gasteiger partial charge in [-0.3, -0.25) is 4.79 Å². The summed E-state index contributed by atoms with van der Waals surface area (Å²) in [4.78, 5) is 26.2. The van der Waals surface area contributed by atoms with Crippen LogP contribution < -0.4 is 5.32 Å². The normalized spacial score (nSPS) is 12.5. The number of aromatic nitrogens is 1. The second kappa shape index (κ2) is 6.43. The number of aromatic amines is 1. The molecule has 3 N–H and O–H groups in total. The predicted octanol–water partition coefficient (Wildman–Crippen LogP) is 2.33. The van der Waals surface area contributed by atoms with Gasteiger partial charge >= 0.3 is 5.97 Å². The van der Waals surface area contributed by atoms with Gasteiger partial charge in [0, 0.05) is 29.9 Å². The lowest BCUT2D eigenvalue weighted by molar-refractivity contribution is -0.141. The molecule has 1 aromatic heterocycles. The Morgan fingerprint density at radius 3 is 2.67 bits per heavy atom. The highest BCUT2D eigenvalue weighted by molar-refractivity contribution is 5.86. The third-order valence-corrected chi connectivity index (χ3v) is 3.33. The van der Waals surface area contributed by atoms with Crippen LogP contribution in [0.4, 0.5) is 0 Å². The van der Waals surface area contributed by atoms with Crippen LogP contribution in [-0.2, 0) is 16.0 Å². The van der Waals surface area contributed by atoms with Crippen molar-refractivity contribution in [2.75, 3.05) is 0 Å². The van der Waals surface area contributed by atoms with Crippen LogP contribution in [0.25, 0.3) is 10.9 Å². The molecule has 1 atom stereocenters. The number of fused-ring (bicyclic) bond motifs is 1. The van der Waals surface area contributed by atoms with Crippen LogP contribution in [-0.4, -0.2) is 28.0 Å². The van der Waals surface area contributed by atoms with E-state index in [-0.39, 0.29) is 18.2 Å². The van der Waals surface area contributed by atoms with Gasteiger partial charge in [-0.05, 0) is 17.5 Å². The fourth-order valence-electron chi connectivity index (χ4n) is 2.34. The summed E-state index contributed by atoms with van der Waals surface area (Å²) in [7, 11) is 0. The quantitative estimate of drug-likeness (QED) is 0.763. The molecule has 0 aliphatic carbocycles. The minimum atomic E-state index is -1.02. The van der Waals surface area contributed by atoms with Crippen molar-refractivity contribution < 1.29 is 14.7 Å². The van der Waals surface area contributed by atoms with Crippen molar-refractivity contribution in [2.24, 2.45) is 5.92 Å². The number of carboxylic acids is 1. The number of H-pyrrole nitrogens is 1. The molecule has 0 aliphatic heterocycles. The van der Waals surface area contributed by atoms with Crippen molar-refractivity contribution in [2.45, 2.75) is 32.7 Å². The second-order valence-electron chi connectivity index (χ2n) is 5.62. The number of carboxylic acid groups (broad SMARTS) is 1. The smallest absolute Gasteiger partial charge is 0.326 e. The monoisotopic (exact) mass is 288 g/mol. The van der Waals surface area contributed by atoms with Gasteiger partial charge < -0.3 is 15.4 Å². The summed E-state index contributed by atoms with van der Waals surface area (Å²) >= 11 is 0. The molecule has 0 unspecified atom stereocenters. The molecule has 1 aromatic carbocycles. The molecule has 5 nitrogen and oxygen atoms in total. The van der Waals surface area contributed by atoms with Crippen LogP contribution in [0.3, 0.4) is 0 Å². The predicted molar refractivity (Wildman–Crippen MR) is 81.0 cm³/mol. The molecule has 0 saturated carbocycles. The number of rotatable bonds is 6. The summed E-state index contributed by atoms with van der Waals surface area (Å²) < 4.78 is 0. The highest BCUT2D eigenvalue weighted by Crippen LogP contribution is 2.19. The standard InChI is InChI=1S/C16H20N2O3/c1-10(2)7-15(19)18-14(16(20)21)8-11-9-17-13-6-4-3-5-12(11)13/h3-6,9-10,14,17H,7-8H2,1-2H3,(H,18,19)(H,20,21)/t14-/m0/s1. The summed E-state index contributed by atoms with van der Waals surface area (Å²) in [6.07, 6.45) is 2.40. The highest BCUT2D eigenvalue weighted by atomic mass is 16.4. The van der Waals surface area contributed by atoms with Crippen molar-refractivity contribution in [3.05, 3.63) is 36.0 Å². The van der Waals surface area contributed by atoms with Crippen LogP contribution in [0.5, 0.6) is 0 Å². The maximum absolute atomic E-state index is 11.8. The van der Waals surface area contributed by atoms with Crippen LogP contribution in [0.15, 0.2) is 30.5 Å². The Bertz CT molecular complexity index is 646. The number of benzene rings is 1. The number of aliphatic carboxylic acids is 1. The average Bonchev–Trinajstić information content (AvgIpc) is 2.80. The molecule has 0 radical (unpaired) electrons. The molecular weight excluding hydrogens is 268 g/mol. The molecular formula is C16H20N2O3. The number of para-hydroxylation sites is 1. The van der Waals surface area contributed by atoms with Crippen molar-refractivity contribution in [1.29, 1.82) is 0 Å². The van der Waals surface area contributed by atoms with E-state index in [1.807, 2.05) is 38.1 Å². The molecule has 21 heavy (non-hydrogen) atoms. The van der Waals surface area contributed by atoms with E-state index in [9.17, 15) is 14.7 Å². The van der Waals surface area contributed by atoms with E-state index in [2.05, 4.69) is 10.3 Å². The lowest BCUT2D eigenvalue weighted by Gasteiger charge is -2.15. The number of hydrogen-bond acceptors (Lipinski definition) is 2. The van der Waals surface area contributed by atoms with Crippen molar-refractivity contribution in [3.63, 3.8) is 0 Å². The summed E-state index contributed by atoms with van der Waals surface area (Å²) in [5.74, 6) is -1.04. The number of carbonyl (C=O) groups is 2. The minimum absolute atomic E-state index is 0.201. The lowest BCUT2D eigenvalue weighted by atomic mass is 10.0. The maximum Gasteiger partial charge on any atom is 0.326 e. The van der Waals surface area contributed by atoms with Gasteiger partial charge in [0.2, 0.25) is 5.91 Å². The Morgan fingerprint density at radius 1 is 1.29 bits per heavy atom. The Kier molecular flexibility index (Phi) is 4.62. The molecule has 2 rings (SSSR count). The topological polar surface area (TPSA) is 82.2 Å². The minimum Gasteiger partial charge on any atom is -0.480 e. The average molecular weight is 288 g/mol. The summed E-state index contributed by atoms with van der Waals surface area (Å²) in [5.41, 5.74) is 1.85. The number of amides is 1. The van der Waals surface area contributed by atoms with Gasteiger partial charge in [0.25, 0.3) is 0 Å². The van der Waals surface area contributed by atoms with Crippen LogP contribution in [0.2, 0.25) is 0 Å². The van der Waals surface area contributed by atoms with Crippen molar-refractivity contribution in [3.8, 4) is 0 Å². The molecule has 0 fully saturated rings. The van der Waals surface area contributed by atoms with E-state index in [0.717, 1.165) is 16.5 Å². The molecule has 0 spiro atoms. The molecule has 1 amide bonds. The molecule has 0 saturated heterocycles. The van der Waals surface area contributed by atoms with Crippen LogP contribution in [0, 0.1) is 5.92 Å². The van der Waals surface area contributed by atoms with Gasteiger partial charge in [-0.15, -0.1) is 0 Å². The van der Waals surface area contributed by atoms with Crippen molar-refractivity contribution >= 4 is 22.8 Å². The largest absolute Gasteiger partial charge is 0.480 e.